The second kappa shape index (κ2) is 6.36. The molecule has 9 heteroatoms. The van der Waals surface area contributed by atoms with Crippen molar-refractivity contribution in [2.45, 2.75) is 25.8 Å². The second-order valence-corrected chi connectivity index (χ2v) is 6.90. The SMILES string of the molecule is Cc1cnn(-c2cnn3ccc(N4CCC[C@@H]4c4nc(F)ccc4F)nc23)c1. The van der Waals surface area contributed by atoms with Gasteiger partial charge in [0.15, 0.2) is 5.65 Å². The Morgan fingerprint density at radius 3 is 2.79 bits per heavy atom. The van der Waals surface area contributed by atoms with Gasteiger partial charge >= 0.3 is 0 Å². The van der Waals surface area contributed by atoms with E-state index >= 15 is 0 Å². The minimum absolute atomic E-state index is 0.121. The van der Waals surface area contributed by atoms with E-state index in [1.807, 2.05) is 30.3 Å². The fourth-order valence-electron chi connectivity index (χ4n) is 3.71. The number of hydrogen-bond donors (Lipinski definition) is 0. The van der Waals surface area contributed by atoms with Crippen molar-refractivity contribution >= 4 is 11.5 Å². The highest BCUT2D eigenvalue weighted by Crippen LogP contribution is 2.35. The highest BCUT2D eigenvalue weighted by molar-refractivity contribution is 5.61. The summed E-state index contributed by atoms with van der Waals surface area (Å²) in [4.78, 5) is 10.5. The van der Waals surface area contributed by atoms with E-state index in [9.17, 15) is 8.78 Å². The Balaban J connectivity index is 1.57. The van der Waals surface area contributed by atoms with Gasteiger partial charge in [0, 0.05) is 18.9 Å². The van der Waals surface area contributed by atoms with Crippen LogP contribution in [-0.2, 0) is 0 Å². The van der Waals surface area contributed by atoms with Crippen LogP contribution in [0.15, 0.2) is 43.0 Å². The van der Waals surface area contributed by atoms with Gasteiger partial charge in [-0.3, -0.25) is 0 Å². The van der Waals surface area contributed by atoms with E-state index in [1.54, 1.807) is 21.6 Å². The molecule has 0 amide bonds. The third-order valence-electron chi connectivity index (χ3n) is 5.00. The standard InChI is InChI=1S/C19H17F2N7/c1-12-9-22-28(11-12)15-10-23-27-8-6-17(25-19(15)27)26-7-2-3-14(26)18-13(20)4-5-16(21)24-18/h4-6,8-11,14H,2-3,7H2,1H3/t14-/m1/s1. The first kappa shape index (κ1) is 16.8. The van der Waals surface area contributed by atoms with E-state index < -0.39 is 11.8 Å². The summed E-state index contributed by atoms with van der Waals surface area (Å²) in [6.45, 7) is 2.65. The molecule has 7 nitrogen and oxygen atoms in total. The molecule has 142 valence electrons. The lowest BCUT2D eigenvalue weighted by molar-refractivity contribution is 0.518. The molecule has 0 N–H and O–H groups in total. The fraction of sp³-hybridized carbons (Fsp3) is 0.263. The van der Waals surface area contributed by atoms with Crippen molar-refractivity contribution < 1.29 is 8.78 Å². The summed E-state index contributed by atoms with van der Waals surface area (Å²) < 4.78 is 31.3. The van der Waals surface area contributed by atoms with Gasteiger partial charge in [-0.05, 0) is 43.5 Å². The first-order valence-corrected chi connectivity index (χ1v) is 9.05. The third-order valence-corrected chi connectivity index (χ3v) is 5.00. The number of pyridine rings is 1. The van der Waals surface area contributed by atoms with Crippen molar-refractivity contribution in [2.24, 2.45) is 0 Å². The molecule has 0 saturated carbocycles. The van der Waals surface area contributed by atoms with Crippen molar-refractivity contribution in [3.05, 3.63) is 66.0 Å². The Bertz CT molecular complexity index is 1170. The summed E-state index contributed by atoms with van der Waals surface area (Å²) >= 11 is 0. The van der Waals surface area contributed by atoms with Crippen molar-refractivity contribution in [1.82, 2.24) is 29.4 Å². The van der Waals surface area contributed by atoms with Crippen LogP contribution in [0.25, 0.3) is 11.3 Å². The molecule has 0 aliphatic carbocycles. The van der Waals surface area contributed by atoms with E-state index in [0.717, 1.165) is 29.8 Å². The van der Waals surface area contributed by atoms with E-state index in [1.165, 1.54) is 0 Å². The summed E-state index contributed by atoms with van der Waals surface area (Å²) in [6, 6.07) is 3.63. The van der Waals surface area contributed by atoms with Gasteiger partial charge in [0.1, 0.15) is 23.0 Å². The number of fused-ring (bicyclic) bond motifs is 1. The average molecular weight is 381 g/mol. The topological polar surface area (TPSA) is 64.1 Å². The maximum atomic E-state index is 14.3. The lowest BCUT2D eigenvalue weighted by Crippen LogP contribution is -2.25. The molecule has 1 fully saturated rings. The summed E-state index contributed by atoms with van der Waals surface area (Å²) in [5, 5.41) is 8.66. The Morgan fingerprint density at radius 1 is 1.07 bits per heavy atom. The number of aryl methyl sites for hydroxylation is 1. The molecule has 5 rings (SSSR count). The van der Waals surface area contributed by atoms with Crippen LogP contribution in [0.2, 0.25) is 0 Å². The van der Waals surface area contributed by atoms with Crippen molar-refractivity contribution in [3.8, 4) is 5.69 Å². The van der Waals surface area contributed by atoms with Gasteiger partial charge in [0.2, 0.25) is 5.95 Å². The van der Waals surface area contributed by atoms with Crippen molar-refractivity contribution in [3.63, 3.8) is 0 Å². The lowest BCUT2D eigenvalue weighted by Gasteiger charge is -2.25. The van der Waals surface area contributed by atoms with E-state index in [2.05, 4.69) is 15.2 Å². The second-order valence-electron chi connectivity index (χ2n) is 6.90. The smallest absolute Gasteiger partial charge is 0.213 e. The monoisotopic (exact) mass is 381 g/mol. The first-order valence-electron chi connectivity index (χ1n) is 9.05. The van der Waals surface area contributed by atoms with Gasteiger partial charge in [0.25, 0.3) is 0 Å². The number of halogens is 2. The maximum absolute atomic E-state index is 14.3. The third kappa shape index (κ3) is 2.70. The fourth-order valence-corrected chi connectivity index (χ4v) is 3.71. The van der Waals surface area contributed by atoms with Gasteiger partial charge < -0.3 is 4.90 Å². The molecule has 4 aromatic rings. The zero-order chi connectivity index (χ0) is 19.3. The van der Waals surface area contributed by atoms with Gasteiger partial charge in [-0.25, -0.2) is 23.6 Å². The Hall–Kier alpha value is -3.36. The Labute approximate surface area is 159 Å². The number of anilines is 1. The molecule has 0 radical (unpaired) electrons. The van der Waals surface area contributed by atoms with Gasteiger partial charge in [-0.2, -0.15) is 14.6 Å². The minimum Gasteiger partial charge on any atom is -0.348 e. The van der Waals surface area contributed by atoms with Gasteiger partial charge in [-0.15, -0.1) is 0 Å². The summed E-state index contributed by atoms with van der Waals surface area (Å²) in [5.41, 5.74) is 2.54. The molecule has 4 aromatic heterocycles. The summed E-state index contributed by atoms with van der Waals surface area (Å²) in [6.07, 6.45) is 8.71. The van der Waals surface area contributed by atoms with Gasteiger partial charge in [0.05, 0.1) is 18.4 Å². The Morgan fingerprint density at radius 2 is 1.96 bits per heavy atom. The van der Waals surface area contributed by atoms with E-state index in [0.29, 0.717) is 24.4 Å². The van der Waals surface area contributed by atoms with Crippen LogP contribution in [0.3, 0.4) is 0 Å². The van der Waals surface area contributed by atoms with Crippen LogP contribution in [0.4, 0.5) is 14.6 Å². The van der Waals surface area contributed by atoms with Crippen LogP contribution in [0.1, 0.15) is 30.1 Å². The highest BCUT2D eigenvalue weighted by atomic mass is 19.1. The molecule has 1 atom stereocenters. The van der Waals surface area contributed by atoms with Crippen molar-refractivity contribution in [1.29, 1.82) is 0 Å². The molecule has 28 heavy (non-hydrogen) atoms. The van der Waals surface area contributed by atoms with Crippen LogP contribution in [-0.4, -0.2) is 35.9 Å². The number of hydrogen-bond acceptors (Lipinski definition) is 5. The quantitative estimate of drug-likeness (QED) is 0.510. The number of rotatable bonds is 3. The molecule has 0 bridgehead atoms. The zero-order valence-corrected chi connectivity index (χ0v) is 15.1. The van der Waals surface area contributed by atoms with Crippen LogP contribution in [0.5, 0.6) is 0 Å². The normalized spacial score (nSPS) is 17.0. The summed E-state index contributed by atoms with van der Waals surface area (Å²) in [5.74, 6) is -0.513. The predicted molar refractivity (Wildman–Crippen MR) is 98.3 cm³/mol. The molecular weight excluding hydrogens is 364 g/mol. The van der Waals surface area contributed by atoms with Gasteiger partial charge in [-0.1, -0.05) is 0 Å². The van der Waals surface area contributed by atoms with E-state index in [4.69, 9.17) is 4.98 Å². The first-order chi connectivity index (χ1) is 13.6. The average Bonchev–Trinajstić information content (AvgIpc) is 3.42. The maximum Gasteiger partial charge on any atom is 0.213 e. The highest BCUT2D eigenvalue weighted by Gasteiger charge is 2.31. The summed E-state index contributed by atoms with van der Waals surface area (Å²) in [7, 11) is 0. The van der Waals surface area contributed by atoms with Crippen LogP contribution >= 0.6 is 0 Å². The Kier molecular flexibility index (Phi) is 3.81. The molecule has 0 spiro atoms. The molecule has 5 heterocycles. The molecule has 1 aliphatic heterocycles. The number of aromatic nitrogens is 6. The van der Waals surface area contributed by atoms with E-state index in [-0.39, 0.29) is 11.7 Å². The molecule has 0 unspecified atom stereocenters. The molecule has 1 aliphatic rings. The predicted octanol–water partition coefficient (Wildman–Crippen LogP) is 3.24. The lowest BCUT2D eigenvalue weighted by atomic mass is 10.1. The molecular formula is C19H17F2N7. The number of nitrogens with zero attached hydrogens (tertiary/aromatic N) is 7. The van der Waals surface area contributed by atoms with Crippen LogP contribution < -0.4 is 4.90 Å². The van der Waals surface area contributed by atoms with Crippen molar-refractivity contribution in [2.75, 3.05) is 11.4 Å². The minimum atomic E-state index is -0.682. The largest absolute Gasteiger partial charge is 0.348 e. The van der Waals surface area contributed by atoms with Crippen LogP contribution in [0, 0.1) is 18.7 Å². The molecule has 1 saturated heterocycles. The molecule has 0 aromatic carbocycles. The zero-order valence-electron chi connectivity index (χ0n) is 15.1.